The summed E-state index contributed by atoms with van der Waals surface area (Å²) in [7, 11) is 1.61. The zero-order valence-corrected chi connectivity index (χ0v) is 22.8. The molecule has 2 N–H and O–H groups in total. The van der Waals surface area contributed by atoms with Gasteiger partial charge in [0.15, 0.2) is 5.11 Å². The van der Waals surface area contributed by atoms with E-state index in [4.69, 9.17) is 37.7 Å². The van der Waals surface area contributed by atoms with E-state index < -0.39 is 5.97 Å². The summed E-state index contributed by atoms with van der Waals surface area (Å²) in [5.74, 6) is 0.857. The SMILES string of the molecule is COCCOc1ccc(N2C(=S)N[C@H](c3ccccn3)[C@@H]2c2ccc(-c3ccc(C(=O)O)cc3C)o2)cc1Cl. The van der Waals surface area contributed by atoms with E-state index in [2.05, 4.69) is 10.3 Å². The molecular weight excluding hydrogens is 538 g/mol. The minimum Gasteiger partial charge on any atom is -0.490 e. The molecule has 3 heterocycles. The van der Waals surface area contributed by atoms with Crippen LogP contribution in [0, 0.1) is 6.92 Å². The van der Waals surface area contributed by atoms with E-state index in [0.29, 0.717) is 40.6 Å². The summed E-state index contributed by atoms with van der Waals surface area (Å²) in [4.78, 5) is 17.9. The number of aromatic carboxylic acids is 1. The van der Waals surface area contributed by atoms with Gasteiger partial charge in [-0.1, -0.05) is 23.7 Å². The number of thiocarbonyl (C=S) groups is 1. The van der Waals surface area contributed by atoms with Gasteiger partial charge in [0.2, 0.25) is 0 Å². The standard InChI is InChI=1S/C29H26ClN3O5S/c1-17-15-18(28(34)35)6-8-20(17)23-10-11-25(38-23)27-26(22-5-3-4-12-31-22)32-29(39)33(27)19-7-9-24(21(30)16-19)37-14-13-36-2/h3-12,15-16,26-27H,13-14H2,1-2H3,(H,32,39)(H,34,35)/t26-,27+/m1/s1. The van der Waals surface area contributed by atoms with Crippen LogP contribution >= 0.6 is 23.8 Å². The molecule has 4 aromatic rings. The van der Waals surface area contributed by atoms with Gasteiger partial charge in [0.25, 0.3) is 0 Å². The highest BCUT2D eigenvalue weighted by Gasteiger charge is 2.42. The van der Waals surface area contributed by atoms with Crippen LogP contribution in [0.15, 0.2) is 77.3 Å². The van der Waals surface area contributed by atoms with Crippen LogP contribution in [0.3, 0.4) is 0 Å². The van der Waals surface area contributed by atoms with Crippen molar-refractivity contribution in [1.82, 2.24) is 10.3 Å². The summed E-state index contributed by atoms with van der Waals surface area (Å²) in [5, 5.41) is 13.7. The first-order valence-corrected chi connectivity index (χ1v) is 13.0. The van der Waals surface area contributed by atoms with Crippen LogP contribution in [-0.4, -0.2) is 41.5 Å². The molecule has 0 spiro atoms. The molecule has 39 heavy (non-hydrogen) atoms. The first kappa shape index (κ1) is 26.7. The van der Waals surface area contributed by atoms with Gasteiger partial charge in [-0.15, -0.1) is 0 Å². The fraction of sp³-hybridized carbons (Fsp3) is 0.207. The van der Waals surface area contributed by atoms with E-state index in [9.17, 15) is 9.90 Å². The monoisotopic (exact) mass is 563 g/mol. The Balaban J connectivity index is 1.53. The molecule has 0 saturated carbocycles. The summed E-state index contributed by atoms with van der Waals surface area (Å²) in [6.45, 7) is 2.69. The Labute approximate surface area is 236 Å². The van der Waals surface area contributed by atoms with Gasteiger partial charge >= 0.3 is 5.97 Å². The van der Waals surface area contributed by atoms with Crippen LogP contribution in [-0.2, 0) is 4.74 Å². The quantitative estimate of drug-likeness (QED) is 0.182. The highest BCUT2D eigenvalue weighted by Crippen LogP contribution is 2.44. The van der Waals surface area contributed by atoms with Crippen LogP contribution in [0.1, 0.15) is 39.5 Å². The van der Waals surface area contributed by atoms with E-state index in [1.54, 1.807) is 31.5 Å². The maximum atomic E-state index is 11.4. The number of aromatic nitrogens is 1. The number of nitrogens with zero attached hydrogens (tertiary/aromatic N) is 2. The van der Waals surface area contributed by atoms with Crippen LogP contribution in [0.4, 0.5) is 5.69 Å². The second-order valence-corrected chi connectivity index (χ2v) is 9.78. The lowest BCUT2D eigenvalue weighted by Gasteiger charge is -2.26. The van der Waals surface area contributed by atoms with Crippen LogP contribution in [0.5, 0.6) is 5.75 Å². The lowest BCUT2D eigenvalue weighted by atomic mass is 10.0. The smallest absolute Gasteiger partial charge is 0.335 e. The number of benzene rings is 2. The van der Waals surface area contributed by atoms with Crippen molar-refractivity contribution in [2.24, 2.45) is 0 Å². The summed E-state index contributed by atoms with van der Waals surface area (Å²) in [6, 6.07) is 19.3. The zero-order valence-electron chi connectivity index (χ0n) is 21.3. The maximum Gasteiger partial charge on any atom is 0.335 e. The van der Waals surface area contributed by atoms with Crippen molar-refractivity contribution in [2.45, 2.75) is 19.0 Å². The van der Waals surface area contributed by atoms with E-state index in [1.807, 2.05) is 60.4 Å². The number of carboxylic acids is 1. The number of rotatable bonds is 9. The third kappa shape index (κ3) is 5.47. The molecular formula is C29H26ClN3O5S. The normalized spacial score (nSPS) is 16.8. The molecule has 1 saturated heterocycles. The lowest BCUT2D eigenvalue weighted by molar-refractivity contribution is 0.0696. The molecule has 200 valence electrons. The topological polar surface area (TPSA) is 97.1 Å². The fourth-order valence-corrected chi connectivity index (χ4v) is 5.22. The number of ether oxygens (including phenoxy) is 2. The summed E-state index contributed by atoms with van der Waals surface area (Å²) >= 11 is 12.4. The van der Waals surface area contributed by atoms with Crippen molar-refractivity contribution in [2.75, 3.05) is 25.2 Å². The Morgan fingerprint density at radius 1 is 1.15 bits per heavy atom. The number of halogens is 1. The number of nitrogens with one attached hydrogen (secondary N) is 1. The molecule has 1 aliphatic rings. The molecule has 5 rings (SSSR count). The summed E-state index contributed by atoms with van der Waals surface area (Å²) < 4.78 is 17.2. The molecule has 0 aliphatic carbocycles. The van der Waals surface area contributed by atoms with Gasteiger partial charge in [-0.3, -0.25) is 4.98 Å². The maximum absolute atomic E-state index is 11.4. The van der Waals surface area contributed by atoms with Gasteiger partial charge in [0, 0.05) is 24.6 Å². The Hall–Kier alpha value is -3.92. The molecule has 1 aliphatic heterocycles. The first-order chi connectivity index (χ1) is 18.9. The molecule has 10 heteroatoms. The number of anilines is 1. The second kappa shape index (κ2) is 11.4. The largest absolute Gasteiger partial charge is 0.490 e. The van der Waals surface area contributed by atoms with Crippen molar-refractivity contribution in [1.29, 1.82) is 0 Å². The number of methoxy groups -OCH3 is 1. The highest BCUT2D eigenvalue weighted by atomic mass is 35.5. The summed E-state index contributed by atoms with van der Waals surface area (Å²) in [5.41, 5.74) is 3.39. The van der Waals surface area contributed by atoms with Crippen molar-refractivity contribution >= 4 is 40.6 Å². The fourth-order valence-electron chi connectivity index (χ4n) is 4.64. The molecule has 0 bridgehead atoms. The van der Waals surface area contributed by atoms with Crippen LogP contribution < -0.4 is 15.0 Å². The Morgan fingerprint density at radius 3 is 2.69 bits per heavy atom. The Kier molecular flexibility index (Phi) is 7.83. The first-order valence-electron chi connectivity index (χ1n) is 12.2. The average Bonchev–Trinajstić information content (AvgIpc) is 3.54. The van der Waals surface area contributed by atoms with Gasteiger partial charge in [-0.05, 0) is 79.3 Å². The summed E-state index contributed by atoms with van der Waals surface area (Å²) in [6.07, 6.45) is 1.74. The third-order valence-electron chi connectivity index (χ3n) is 6.49. The highest BCUT2D eigenvalue weighted by molar-refractivity contribution is 7.80. The zero-order chi connectivity index (χ0) is 27.5. The van der Waals surface area contributed by atoms with Crippen molar-refractivity contribution in [3.05, 3.63) is 101 Å². The predicted molar refractivity (Wildman–Crippen MR) is 153 cm³/mol. The second-order valence-electron chi connectivity index (χ2n) is 8.99. The molecule has 0 amide bonds. The van der Waals surface area contributed by atoms with E-state index in [0.717, 1.165) is 22.5 Å². The van der Waals surface area contributed by atoms with Gasteiger partial charge in [0.05, 0.1) is 28.9 Å². The number of carboxylic acid groups (broad SMARTS) is 1. The minimum absolute atomic E-state index is 0.223. The molecule has 2 aromatic carbocycles. The van der Waals surface area contributed by atoms with Gasteiger partial charge < -0.3 is 29.2 Å². The molecule has 0 unspecified atom stereocenters. The van der Waals surface area contributed by atoms with E-state index in [1.165, 1.54) is 0 Å². The minimum atomic E-state index is -0.974. The van der Waals surface area contributed by atoms with Gasteiger partial charge in [-0.25, -0.2) is 4.79 Å². The van der Waals surface area contributed by atoms with Gasteiger partial charge in [-0.2, -0.15) is 0 Å². The molecule has 2 aromatic heterocycles. The third-order valence-corrected chi connectivity index (χ3v) is 7.10. The number of aryl methyl sites for hydroxylation is 1. The lowest BCUT2D eigenvalue weighted by Crippen LogP contribution is -2.29. The predicted octanol–water partition coefficient (Wildman–Crippen LogP) is 6.20. The Morgan fingerprint density at radius 2 is 2.00 bits per heavy atom. The van der Waals surface area contributed by atoms with Crippen LogP contribution in [0.25, 0.3) is 11.3 Å². The van der Waals surface area contributed by atoms with Crippen molar-refractivity contribution < 1.29 is 23.8 Å². The number of carbonyl (C=O) groups is 1. The Bertz CT molecular complexity index is 1510. The number of hydrogen-bond donors (Lipinski definition) is 2. The number of furan rings is 1. The molecule has 0 radical (unpaired) electrons. The molecule has 2 atom stereocenters. The van der Waals surface area contributed by atoms with Crippen molar-refractivity contribution in [3.8, 4) is 17.1 Å². The van der Waals surface area contributed by atoms with Crippen molar-refractivity contribution in [3.63, 3.8) is 0 Å². The van der Waals surface area contributed by atoms with Crippen LogP contribution in [0.2, 0.25) is 5.02 Å². The number of pyridine rings is 1. The molecule has 1 fully saturated rings. The van der Waals surface area contributed by atoms with E-state index >= 15 is 0 Å². The molecule has 8 nitrogen and oxygen atoms in total. The number of hydrogen-bond acceptors (Lipinski definition) is 6. The average molecular weight is 564 g/mol. The van der Waals surface area contributed by atoms with E-state index in [-0.39, 0.29) is 17.6 Å². The van der Waals surface area contributed by atoms with Gasteiger partial charge in [0.1, 0.15) is 29.9 Å².